The van der Waals surface area contributed by atoms with E-state index < -0.39 is 0 Å². The van der Waals surface area contributed by atoms with Crippen molar-refractivity contribution < 1.29 is 9.90 Å². The Morgan fingerprint density at radius 1 is 1.48 bits per heavy atom. The highest BCUT2D eigenvalue weighted by molar-refractivity contribution is 5.97. The molecule has 21 heavy (non-hydrogen) atoms. The molecule has 1 aromatic rings. The van der Waals surface area contributed by atoms with Crippen LogP contribution in [0.4, 0.5) is 0 Å². The van der Waals surface area contributed by atoms with Gasteiger partial charge in [-0.1, -0.05) is 11.8 Å². The van der Waals surface area contributed by atoms with Crippen LogP contribution in [-0.2, 0) is 0 Å². The van der Waals surface area contributed by atoms with E-state index in [-0.39, 0.29) is 18.6 Å². The summed E-state index contributed by atoms with van der Waals surface area (Å²) in [5.74, 6) is 5.60. The lowest BCUT2D eigenvalue weighted by molar-refractivity contribution is 0.0746. The van der Waals surface area contributed by atoms with Crippen molar-refractivity contribution in [2.75, 3.05) is 13.2 Å². The van der Waals surface area contributed by atoms with Gasteiger partial charge < -0.3 is 10.0 Å². The topological polar surface area (TPSA) is 77.2 Å². The number of hydrogen-bond acceptors (Lipinski definition) is 4. The molecule has 0 radical (unpaired) electrons. The Morgan fingerprint density at radius 2 is 2.29 bits per heavy atom. The van der Waals surface area contributed by atoms with Crippen molar-refractivity contribution in [2.24, 2.45) is 0 Å². The van der Waals surface area contributed by atoms with Gasteiger partial charge in [-0.15, -0.1) is 0 Å². The first-order valence-electron chi connectivity index (χ1n) is 6.99. The second-order valence-electron chi connectivity index (χ2n) is 4.83. The zero-order valence-electron chi connectivity index (χ0n) is 11.7. The van der Waals surface area contributed by atoms with E-state index in [0.717, 1.165) is 12.8 Å². The van der Waals surface area contributed by atoms with Crippen LogP contribution >= 0.6 is 0 Å². The van der Waals surface area contributed by atoms with Gasteiger partial charge >= 0.3 is 0 Å². The molecular formula is C16H17N3O2. The molecule has 0 unspecified atom stereocenters. The van der Waals surface area contributed by atoms with Crippen LogP contribution in [0.2, 0.25) is 0 Å². The predicted octanol–water partition coefficient (Wildman–Crippen LogP) is 1.33. The van der Waals surface area contributed by atoms with E-state index >= 15 is 0 Å². The number of aliphatic hydroxyl groups is 1. The molecular weight excluding hydrogens is 266 g/mol. The second kappa shape index (κ2) is 7.42. The van der Waals surface area contributed by atoms with Gasteiger partial charge in [-0.2, -0.15) is 5.26 Å². The highest BCUT2D eigenvalue weighted by Gasteiger charge is 2.33. The Morgan fingerprint density at radius 3 is 2.95 bits per heavy atom. The summed E-state index contributed by atoms with van der Waals surface area (Å²) in [6, 6.07) is 3.99. The van der Waals surface area contributed by atoms with Crippen molar-refractivity contribution in [3.8, 4) is 17.9 Å². The van der Waals surface area contributed by atoms with Gasteiger partial charge in [-0.05, 0) is 18.9 Å². The van der Waals surface area contributed by atoms with Crippen LogP contribution in [0, 0.1) is 23.2 Å². The first-order chi connectivity index (χ1) is 10.3. The lowest BCUT2D eigenvalue weighted by atomic mass is 10.1. The Labute approximate surface area is 124 Å². The molecule has 1 aliphatic carbocycles. The molecule has 1 N–H and O–H groups in total. The van der Waals surface area contributed by atoms with E-state index in [0.29, 0.717) is 30.5 Å². The fourth-order valence-corrected chi connectivity index (χ4v) is 2.06. The molecule has 0 spiro atoms. The highest BCUT2D eigenvalue weighted by Crippen LogP contribution is 2.28. The summed E-state index contributed by atoms with van der Waals surface area (Å²) in [6.45, 7) is 0.443. The molecule has 5 heteroatoms. The maximum absolute atomic E-state index is 12.7. The molecule has 1 aromatic heterocycles. The maximum Gasteiger partial charge on any atom is 0.255 e. The summed E-state index contributed by atoms with van der Waals surface area (Å²) in [5.41, 5.74) is 1.08. The number of rotatable bonds is 5. The Bertz CT molecular complexity index is 606. The van der Waals surface area contributed by atoms with Crippen LogP contribution in [0.15, 0.2) is 18.5 Å². The third-order valence-corrected chi connectivity index (χ3v) is 3.22. The van der Waals surface area contributed by atoms with Gasteiger partial charge in [-0.25, -0.2) is 0 Å². The molecule has 0 aromatic carbocycles. The van der Waals surface area contributed by atoms with Crippen molar-refractivity contribution in [1.82, 2.24) is 9.88 Å². The summed E-state index contributed by atoms with van der Waals surface area (Å²) in [5, 5.41) is 17.5. The Kier molecular flexibility index (Phi) is 5.31. The standard InChI is InChI=1S/C16H17N3O2/c17-8-3-10-19(14-5-6-14)16(21)15-7-9-18-12-13(15)4-1-2-11-20/h7,9,12,14,20H,2-3,5-6,10-11H2. The van der Waals surface area contributed by atoms with Crippen molar-refractivity contribution in [3.05, 3.63) is 29.6 Å². The molecule has 0 aliphatic heterocycles. The van der Waals surface area contributed by atoms with Gasteiger partial charge in [0.05, 0.1) is 30.2 Å². The summed E-state index contributed by atoms with van der Waals surface area (Å²) in [6.07, 6.45) is 5.82. The predicted molar refractivity (Wildman–Crippen MR) is 77.1 cm³/mol. The summed E-state index contributed by atoms with van der Waals surface area (Å²) in [4.78, 5) is 18.4. The number of amides is 1. The van der Waals surface area contributed by atoms with Crippen molar-refractivity contribution in [1.29, 1.82) is 5.26 Å². The van der Waals surface area contributed by atoms with E-state index in [1.807, 2.05) is 0 Å². The molecule has 1 fully saturated rings. The van der Waals surface area contributed by atoms with Gasteiger partial charge in [0.1, 0.15) is 0 Å². The number of nitrogens with zero attached hydrogens (tertiary/aromatic N) is 3. The molecule has 1 aliphatic rings. The van der Waals surface area contributed by atoms with E-state index in [2.05, 4.69) is 22.9 Å². The molecule has 2 rings (SSSR count). The van der Waals surface area contributed by atoms with Gasteiger partial charge in [0.25, 0.3) is 5.91 Å². The van der Waals surface area contributed by atoms with Gasteiger partial charge in [0.15, 0.2) is 0 Å². The van der Waals surface area contributed by atoms with Crippen LogP contribution in [-0.4, -0.2) is 40.1 Å². The van der Waals surface area contributed by atoms with Gasteiger partial charge in [-0.3, -0.25) is 9.78 Å². The van der Waals surface area contributed by atoms with E-state index in [9.17, 15) is 4.79 Å². The molecule has 0 saturated heterocycles. The first kappa shape index (κ1) is 15.0. The van der Waals surface area contributed by atoms with Crippen molar-refractivity contribution >= 4 is 5.91 Å². The fraction of sp³-hybridized carbons (Fsp3) is 0.438. The number of aliphatic hydroxyl groups excluding tert-OH is 1. The summed E-state index contributed by atoms with van der Waals surface area (Å²) in [7, 11) is 0. The molecule has 0 bridgehead atoms. The average Bonchev–Trinajstić information content (AvgIpc) is 3.33. The monoisotopic (exact) mass is 283 g/mol. The van der Waals surface area contributed by atoms with Crippen LogP contribution < -0.4 is 0 Å². The van der Waals surface area contributed by atoms with Crippen LogP contribution in [0.1, 0.15) is 41.6 Å². The number of aromatic nitrogens is 1. The summed E-state index contributed by atoms with van der Waals surface area (Å²) >= 11 is 0. The number of pyridine rings is 1. The van der Waals surface area contributed by atoms with Crippen LogP contribution in [0.25, 0.3) is 0 Å². The van der Waals surface area contributed by atoms with Crippen LogP contribution in [0.3, 0.4) is 0 Å². The third kappa shape index (κ3) is 4.05. The molecule has 5 nitrogen and oxygen atoms in total. The lowest BCUT2D eigenvalue weighted by Gasteiger charge is -2.21. The summed E-state index contributed by atoms with van der Waals surface area (Å²) < 4.78 is 0. The molecule has 1 heterocycles. The number of hydrogen-bond donors (Lipinski definition) is 1. The highest BCUT2D eigenvalue weighted by atomic mass is 16.2. The minimum atomic E-state index is -0.0940. The number of carbonyl (C=O) groups excluding carboxylic acids is 1. The molecule has 108 valence electrons. The lowest BCUT2D eigenvalue weighted by Crippen LogP contribution is -2.34. The van der Waals surface area contributed by atoms with E-state index in [4.69, 9.17) is 10.4 Å². The van der Waals surface area contributed by atoms with E-state index in [1.54, 1.807) is 23.4 Å². The maximum atomic E-state index is 12.7. The Balaban J connectivity index is 2.21. The van der Waals surface area contributed by atoms with Gasteiger partial charge in [0, 0.05) is 31.4 Å². The minimum absolute atomic E-state index is 0.00703. The second-order valence-corrected chi connectivity index (χ2v) is 4.83. The van der Waals surface area contributed by atoms with Crippen molar-refractivity contribution in [2.45, 2.75) is 31.7 Å². The zero-order valence-corrected chi connectivity index (χ0v) is 11.7. The fourth-order valence-electron chi connectivity index (χ4n) is 2.06. The third-order valence-electron chi connectivity index (χ3n) is 3.22. The SMILES string of the molecule is N#CCCN(C(=O)c1ccncc1C#CCCO)C1CC1. The quantitative estimate of drug-likeness (QED) is 0.827. The van der Waals surface area contributed by atoms with Crippen LogP contribution in [0.5, 0.6) is 0 Å². The largest absolute Gasteiger partial charge is 0.395 e. The number of carbonyl (C=O) groups is 1. The van der Waals surface area contributed by atoms with E-state index in [1.165, 1.54) is 0 Å². The molecule has 1 amide bonds. The molecule has 1 saturated carbocycles. The normalized spacial score (nSPS) is 13.0. The smallest absolute Gasteiger partial charge is 0.255 e. The average molecular weight is 283 g/mol. The number of nitriles is 1. The minimum Gasteiger partial charge on any atom is -0.395 e. The zero-order chi connectivity index (χ0) is 15.1. The molecule has 0 atom stereocenters. The van der Waals surface area contributed by atoms with Gasteiger partial charge in [0.2, 0.25) is 0 Å². The Hall–Kier alpha value is -2.37. The van der Waals surface area contributed by atoms with Crippen molar-refractivity contribution in [3.63, 3.8) is 0 Å². The first-order valence-corrected chi connectivity index (χ1v) is 6.99.